The van der Waals surface area contributed by atoms with Gasteiger partial charge in [0.1, 0.15) is 0 Å². The molecule has 1 saturated carbocycles. The largest absolute Gasteiger partial charge is 0.355 e. The minimum absolute atomic E-state index is 0.127. The molecule has 0 aromatic heterocycles. The van der Waals surface area contributed by atoms with E-state index < -0.39 is 0 Å². The minimum atomic E-state index is 0.127. The Labute approximate surface area is 128 Å². The molecule has 3 heteroatoms. The van der Waals surface area contributed by atoms with Gasteiger partial charge in [-0.3, -0.25) is 4.79 Å². The van der Waals surface area contributed by atoms with Crippen LogP contribution in [0.25, 0.3) is 0 Å². The van der Waals surface area contributed by atoms with Crippen molar-refractivity contribution >= 4 is 5.91 Å². The van der Waals surface area contributed by atoms with Crippen molar-refractivity contribution < 1.29 is 4.79 Å². The first-order valence-electron chi connectivity index (χ1n) is 8.21. The van der Waals surface area contributed by atoms with Crippen molar-refractivity contribution in [3.05, 3.63) is 35.4 Å². The van der Waals surface area contributed by atoms with Crippen molar-refractivity contribution in [3.63, 3.8) is 0 Å². The van der Waals surface area contributed by atoms with Crippen molar-refractivity contribution in [2.75, 3.05) is 13.1 Å². The Morgan fingerprint density at radius 2 is 1.95 bits per heavy atom. The summed E-state index contributed by atoms with van der Waals surface area (Å²) in [6, 6.07) is 8.64. The van der Waals surface area contributed by atoms with Crippen molar-refractivity contribution in [1.29, 1.82) is 0 Å². The normalized spacial score (nSPS) is 17.4. The molecule has 3 N–H and O–H groups in total. The third-order valence-electron chi connectivity index (χ3n) is 4.76. The summed E-state index contributed by atoms with van der Waals surface area (Å²) in [4.78, 5) is 11.9. The molecular weight excluding hydrogens is 260 g/mol. The molecule has 1 aromatic carbocycles. The fourth-order valence-electron chi connectivity index (χ4n) is 3.56. The molecule has 1 aliphatic rings. The summed E-state index contributed by atoms with van der Waals surface area (Å²) >= 11 is 0. The van der Waals surface area contributed by atoms with Crippen LogP contribution in [0.3, 0.4) is 0 Å². The predicted molar refractivity (Wildman–Crippen MR) is 87.2 cm³/mol. The molecule has 1 aromatic rings. The number of benzene rings is 1. The van der Waals surface area contributed by atoms with Crippen molar-refractivity contribution in [3.8, 4) is 0 Å². The number of rotatable bonds is 6. The maximum absolute atomic E-state index is 11.9. The van der Waals surface area contributed by atoms with Crippen LogP contribution >= 0.6 is 0 Å². The summed E-state index contributed by atoms with van der Waals surface area (Å²) in [7, 11) is 0. The number of hydrogen-bond donors (Lipinski definition) is 2. The predicted octanol–water partition coefficient (Wildman–Crippen LogP) is 3.05. The van der Waals surface area contributed by atoms with E-state index >= 15 is 0 Å². The lowest BCUT2D eigenvalue weighted by Gasteiger charge is -2.39. The monoisotopic (exact) mass is 288 g/mol. The van der Waals surface area contributed by atoms with E-state index in [9.17, 15) is 4.79 Å². The molecule has 0 saturated heterocycles. The summed E-state index contributed by atoms with van der Waals surface area (Å²) in [6.45, 7) is 3.53. The Morgan fingerprint density at radius 1 is 1.24 bits per heavy atom. The second kappa shape index (κ2) is 7.60. The molecule has 0 spiro atoms. The first kappa shape index (κ1) is 16.0. The molecule has 0 aliphatic heterocycles. The second-order valence-electron chi connectivity index (χ2n) is 6.32. The average molecular weight is 288 g/mol. The summed E-state index contributed by atoms with van der Waals surface area (Å²) in [5, 5.41) is 3.16. The highest BCUT2D eigenvalue weighted by Crippen LogP contribution is 2.40. The fraction of sp³-hybridized carbons (Fsp3) is 0.611. The van der Waals surface area contributed by atoms with Gasteiger partial charge >= 0.3 is 0 Å². The lowest BCUT2D eigenvalue weighted by Crippen LogP contribution is -2.42. The van der Waals surface area contributed by atoms with E-state index in [4.69, 9.17) is 5.73 Å². The molecule has 1 fully saturated rings. The van der Waals surface area contributed by atoms with E-state index in [1.54, 1.807) is 0 Å². The fourth-order valence-corrected chi connectivity index (χ4v) is 3.56. The van der Waals surface area contributed by atoms with Gasteiger partial charge in [-0.1, -0.05) is 43.5 Å². The third kappa shape index (κ3) is 4.07. The van der Waals surface area contributed by atoms with Crippen LogP contribution in [0.1, 0.15) is 56.1 Å². The van der Waals surface area contributed by atoms with Gasteiger partial charge in [0.2, 0.25) is 5.91 Å². The Balaban J connectivity index is 2.11. The average Bonchev–Trinajstić information content (AvgIpc) is 2.52. The SMILES string of the molecule is Cc1ccccc1C1(CNC(=O)CCCN)CCCCC1. The maximum atomic E-state index is 11.9. The van der Waals surface area contributed by atoms with Crippen LogP contribution in [0, 0.1) is 6.92 Å². The van der Waals surface area contributed by atoms with Gasteiger partial charge in [0.15, 0.2) is 0 Å². The van der Waals surface area contributed by atoms with Crippen molar-refractivity contribution in [1.82, 2.24) is 5.32 Å². The Bertz CT molecular complexity index is 464. The molecule has 2 rings (SSSR count). The molecule has 0 bridgehead atoms. The van der Waals surface area contributed by atoms with E-state index in [0.29, 0.717) is 13.0 Å². The molecule has 116 valence electrons. The number of aryl methyl sites for hydroxylation is 1. The van der Waals surface area contributed by atoms with E-state index in [1.807, 2.05) is 0 Å². The smallest absolute Gasteiger partial charge is 0.220 e. The van der Waals surface area contributed by atoms with Crippen LogP contribution in [0.5, 0.6) is 0 Å². The summed E-state index contributed by atoms with van der Waals surface area (Å²) in [5.41, 5.74) is 8.36. The van der Waals surface area contributed by atoms with Crippen molar-refractivity contribution in [2.24, 2.45) is 5.73 Å². The number of carbonyl (C=O) groups is 1. The quantitative estimate of drug-likeness (QED) is 0.845. The molecule has 21 heavy (non-hydrogen) atoms. The highest BCUT2D eigenvalue weighted by atomic mass is 16.1. The van der Waals surface area contributed by atoms with Crippen LogP contribution in [0.15, 0.2) is 24.3 Å². The van der Waals surface area contributed by atoms with E-state index in [1.165, 1.54) is 43.2 Å². The zero-order valence-corrected chi connectivity index (χ0v) is 13.2. The lowest BCUT2D eigenvalue weighted by molar-refractivity contribution is -0.121. The van der Waals surface area contributed by atoms with Gasteiger partial charge < -0.3 is 11.1 Å². The molecular formula is C18H28N2O. The van der Waals surface area contributed by atoms with Gasteiger partial charge in [0.25, 0.3) is 0 Å². The topological polar surface area (TPSA) is 55.1 Å². The highest BCUT2D eigenvalue weighted by Gasteiger charge is 2.35. The van der Waals surface area contributed by atoms with Crippen molar-refractivity contribution in [2.45, 2.75) is 57.3 Å². The van der Waals surface area contributed by atoms with E-state index in [-0.39, 0.29) is 11.3 Å². The number of amides is 1. The van der Waals surface area contributed by atoms with Crippen LogP contribution in [-0.4, -0.2) is 19.0 Å². The van der Waals surface area contributed by atoms with Gasteiger partial charge in [0, 0.05) is 18.4 Å². The maximum Gasteiger partial charge on any atom is 0.220 e. The van der Waals surface area contributed by atoms with Gasteiger partial charge in [-0.2, -0.15) is 0 Å². The number of carbonyl (C=O) groups excluding carboxylic acids is 1. The van der Waals surface area contributed by atoms with Crippen LogP contribution in [0.2, 0.25) is 0 Å². The number of nitrogens with two attached hydrogens (primary N) is 1. The Kier molecular flexibility index (Phi) is 5.80. The van der Waals surface area contributed by atoms with Gasteiger partial charge in [-0.25, -0.2) is 0 Å². The zero-order chi connectivity index (χ0) is 15.1. The molecule has 0 heterocycles. The van der Waals surface area contributed by atoms with Crippen LogP contribution in [-0.2, 0) is 10.2 Å². The Morgan fingerprint density at radius 3 is 2.62 bits per heavy atom. The molecule has 0 radical (unpaired) electrons. The molecule has 3 nitrogen and oxygen atoms in total. The summed E-state index contributed by atoms with van der Waals surface area (Å²) in [6.07, 6.45) is 7.49. The molecule has 0 unspecified atom stereocenters. The van der Waals surface area contributed by atoms with Gasteiger partial charge in [0.05, 0.1) is 0 Å². The summed E-state index contributed by atoms with van der Waals surface area (Å²) < 4.78 is 0. The third-order valence-corrected chi connectivity index (χ3v) is 4.76. The van der Waals surface area contributed by atoms with Crippen LogP contribution < -0.4 is 11.1 Å². The standard InChI is InChI=1S/C18H28N2O/c1-15-8-3-4-9-16(15)18(11-5-2-6-12-18)14-20-17(21)10-7-13-19/h3-4,8-9H,2,5-7,10-14,19H2,1H3,(H,20,21). The molecule has 1 amide bonds. The Hall–Kier alpha value is -1.35. The molecule has 1 aliphatic carbocycles. The van der Waals surface area contributed by atoms with Gasteiger partial charge in [-0.05, 0) is 43.9 Å². The minimum Gasteiger partial charge on any atom is -0.355 e. The lowest BCUT2D eigenvalue weighted by atomic mass is 9.68. The van der Waals surface area contributed by atoms with Gasteiger partial charge in [-0.15, -0.1) is 0 Å². The van der Waals surface area contributed by atoms with Crippen LogP contribution in [0.4, 0.5) is 0 Å². The zero-order valence-electron chi connectivity index (χ0n) is 13.2. The summed E-state index contributed by atoms with van der Waals surface area (Å²) in [5.74, 6) is 0.138. The first-order chi connectivity index (χ1) is 10.2. The van der Waals surface area contributed by atoms with E-state index in [2.05, 4.69) is 36.5 Å². The second-order valence-corrected chi connectivity index (χ2v) is 6.32. The first-order valence-corrected chi connectivity index (χ1v) is 8.21. The van der Waals surface area contributed by atoms with E-state index in [0.717, 1.165) is 13.0 Å². The number of hydrogen-bond acceptors (Lipinski definition) is 2. The highest BCUT2D eigenvalue weighted by molar-refractivity contribution is 5.76. The number of nitrogens with one attached hydrogen (secondary N) is 1. The molecule has 0 atom stereocenters.